The Morgan fingerprint density at radius 3 is 2.50 bits per heavy atom. The van der Waals surface area contributed by atoms with Crippen LogP contribution in [-0.2, 0) is 0 Å². The molecule has 2 aromatic rings. The number of hydrogen-bond acceptors (Lipinski definition) is 3. The zero-order valence-corrected chi connectivity index (χ0v) is 10.5. The molecule has 0 spiro atoms. The Labute approximate surface area is 107 Å². The molecule has 0 aromatic heterocycles. The molecule has 0 heterocycles. The lowest BCUT2D eigenvalue weighted by molar-refractivity contribution is 1.37. The fraction of sp³-hybridized carbons (Fsp3) is 0.133. The number of hydrogen-bond donors (Lipinski definition) is 2. The molecule has 2 rings (SSSR count). The van der Waals surface area contributed by atoms with Crippen molar-refractivity contribution in [3.63, 3.8) is 0 Å². The van der Waals surface area contributed by atoms with Crippen molar-refractivity contribution in [1.82, 2.24) is 0 Å². The van der Waals surface area contributed by atoms with Crippen LogP contribution >= 0.6 is 0 Å². The number of nitrogens with one attached hydrogen (secondary N) is 1. The number of anilines is 3. The van der Waals surface area contributed by atoms with E-state index < -0.39 is 0 Å². The lowest BCUT2D eigenvalue weighted by Gasteiger charge is -2.11. The first-order valence-electron chi connectivity index (χ1n) is 5.74. The van der Waals surface area contributed by atoms with Crippen LogP contribution in [0.1, 0.15) is 16.7 Å². The average Bonchev–Trinajstić information content (AvgIpc) is 2.33. The van der Waals surface area contributed by atoms with Crippen molar-refractivity contribution in [2.45, 2.75) is 13.8 Å². The smallest absolute Gasteiger partial charge is 0.101 e. The van der Waals surface area contributed by atoms with Gasteiger partial charge in [0.15, 0.2) is 0 Å². The number of nitriles is 1. The lowest BCUT2D eigenvalue weighted by atomic mass is 10.1. The van der Waals surface area contributed by atoms with Gasteiger partial charge in [-0.3, -0.25) is 0 Å². The van der Waals surface area contributed by atoms with Crippen LogP contribution in [0.5, 0.6) is 0 Å². The minimum absolute atomic E-state index is 0.493. The molecule has 0 fully saturated rings. The third-order valence-electron chi connectivity index (χ3n) is 2.83. The summed E-state index contributed by atoms with van der Waals surface area (Å²) in [5.74, 6) is 0. The van der Waals surface area contributed by atoms with E-state index in [4.69, 9.17) is 11.0 Å². The molecule has 0 atom stereocenters. The Balaban J connectivity index is 2.29. The van der Waals surface area contributed by atoms with Crippen molar-refractivity contribution in [3.05, 3.63) is 53.1 Å². The molecule has 0 aliphatic carbocycles. The zero-order valence-electron chi connectivity index (χ0n) is 10.5. The second-order valence-corrected chi connectivity index (χ2v) is 4.36. The Morgan fingerprint density at radius 1 is 1.11 bits per heavy atom. The number of aryl methyl sites for hydroxylation is 2. The molecule has 0 amide bonds. The standard InChI is InChI=1S/C15H15N3/c1-10-3-6-15(11(2)7-10)18-13-5-4-12(9-16)14(17)8-13/h3-8,18H,17H2,1-2H3. The molecular weight excluding hydrogens is 222 g/mol. The average molecular weight is 237 g/mol. The van der Waals surface area contributed by atoms with Gasteiger partial charge in [0.1, 0.15) is 6.07 Å². The van der Waals surface area contributed by atoms with Crippen molar-refractivity contribution >= 4 is 17.1 Å². The Morgan fingerprint density at radius 2 is 1.89 bits per heavy atom. The Bertz CT molecular complexity index is 624. The first-order valence-corrected chi connectivity index (χ1v) is 5.74. The molecule has 3 heteroatoms. The van der Waals surface area contributed by atoms with Gasteiger partial charge in [-0.25, -0.2) is 0 Å². The van der Waals surface area contributed by atoms with E-state index in [1.807, 2.05) is 12.1 Å². The van der Waals surface area contributed by atoms with Gasteiger partial charge in [0.2, 0.25) is 0 Å². The van der Waals surface area contributed by atoms with E-state index in [2.05, 4.69) is 37.4 Å². The predicted octanol–water partition coefficient (Wildman–Crippen LogP) is 3.50. The van der Waals surface area contributed by atoms with Gasteiger partial charge in [0.05, 0.1) is 11.3 Å². The molecule has 0 saturated carbocycles. The normalized spacial score (nSPS) is 9.83. The first kappa shape index (κ1) is 12.0. The maximum atomic E-state index is 8.82. The number of nitrogens with zero attached hydrogens (tertiary/aromatic N) is 1. The van der Waals surface area contributed by atoms with Gasteiger partial charge in [-0.05, 0) is 43.7 Å². The van der Waals surface area contributed by atoms with E-state index in [9.17, 15) is 0 Å². The SMILES string of the molecule is Cc1ccc(Nc2ccc(C#N)c(N)c2)c(C)c1. The highest BCUT2D eigenvalue weighted by atomic mass is 14.9. The quantitative estimate of drug-likeness (QED) is 0.786. The summed E-state index contributed by atoms with van der Waals surface area (Å²) in [6.45, 7) is 4.12. The topological polar surface area (TPSA) is 61.8 Å². The van der Waals surface area contributed by atoms with Crippen LogP contribution in [0.2, 0.25) is 0 Å². The summed E-state index contributed by atoms with van der Waals surface area (Å²) in [6, 6.07) is 13.6. The highest BCUT2D eigenvalue weighted by Crippen LogP contribution is 2.24. The highest BCUT2D eigenvalue weighted by molar-refractivity contribution is 5.69. The van der Waals surface area contributed by atoms with Gasteiger partial charge in [-0.2, -0.15) is 5.26 Å². The predicted molar refractivity (Wildman–Crippen MR) is 74.8 cm³/mol. The highest BCUT2D eigenvalue weighted by Gasteiger charge is 2.02. The summed E-state index contributed by atoms with van der Waals surface area (Å²) in [6.07, 6.45) is 0. The van der Waals surface area contributed by atoms with Gasteiger partial charge in [-0.15, -0.1) is 0 Å². The van der Waals surface area contributed by atoms with Crippen molar-refractivity contribution in [2.24, 2.45) is 0 Å². The first-order chi connectivity index (χ1) is 8.60. The van der Waals surface area contributed by atoms with E-state index >= 15 is 0 Å². The number of benzene rings is 2. The van der Waals surface area contributed by atoms with Gasteiger partial charge >= 0.3 is 0 Å². The third kappa shape index (κ3) is 2.44. The molecule has 0 aliphatic heterocycles. The van der Waals surface area contributed by atoms with Crippen molar-refractivity contribution in [1.29, 1.82) is 5.26 Å². The van der Waals surface area contributed by atoms with Crippen LogP contribution in [0.3, 0.4) is 0 Å². The monoisotopic (exact) mass is 237 g/mol. The summed E-state index contributed by atoms with van der Waals surface area (Å²) >= 11 is 0. The second kappa shape index (κ2) is 4.80. The molecule has 2 aromatic carbocycles. The molecule has 90 valence electrons. The van der Waals surface area contributed by atoms with Crippen LogP contribution in [0, 0.1) is 25.2 Å². The molecule has 3 nitrogen and oxygen atoms in total. The summed E-state index contributed by atoms with van der Waals surface area (Å²) in [7, 11) is 0. The minimum atomic E-state index is 0.493. The molecule has 18 heavy (non-hydrogen) atoms. The van der Waals surface area contributed by atoms with Crippen molar-refractivity contribution in [3.8, 4) is 6.07 Å². The van der Waals surface area contributed by atoms with Gasteiger partial charge in [0.25, 0.3) is 0 Å². The van der Waals surface area contributed by atoms with Crippen LogP contribution < -0.4 is 11.1 Å². The number of rotatable bonds is 2. The zero-order chi connectivity index (χ0) is 13.1. The van der Waals surface area contributed by atoms with E-state index in [1.165, 1.54) is 11.1 Å². The summed E-state index contributed by atoms with van der Waals surface area (Å²) < 4.78 is 0. The van der Waals surface area contributed by atoms with Crippen LogP contribution in [-0.4, -0.2) is 0 Å². The third-order valence-corrected chi connectivity index (χ3v) is 2.83. The van der Waals surface area contributed by atoms with E-state index in [0.717, 1.165) is 11.4 Å². The number of nitrogens with two attached hydrogens (primary N) is 1. The van der Waals surface area contributed by atoms with E-state index in [1.54, 1.807) is 12.1 Å². The molecular formula is C15H15N3. The Kier molecular flexibility index (Phi) is 3.20. The van der Waals surface area contributed by atoms with Crippen molar-refractivity contribution < 1.29 is 0 Å². The maximum Gasteiger partial charge on any atom is 0.101 e. The minimum Gasteiger partial charge on any atom is -0.398 e. The lowest BCUT2D eigenvalue weighted by Crippen LogP contribution is -1.96. The molecule has 0 unspecified atom stereocenters. The van der Waals surface area contributed by atoms with E-state index in [-0.39, 0.29) is 0 Å². The molecule has 0 bridgehead atoms. The number of nitrogen functional groups attached to an aromatic ring is 1. The second-order valence-electron chi connectivity index (χ2n) is 4.36. The van der Waals surface area contributed by atoms with Crippen LogP contribution in [0.15, 0.2) is 36.4 Å². The summed E-state index contributed by atoms with van der Waals surface area (Å²) in [5.41, 5.74) is 11.1. The molecule has 0 radical (unpaired) electrons. The van der Waals surface area contributed by atoms with Gasteiger partial charge < -0.3 is 11.1 Å². The molecule has 0 aliphatic rings. The molecule has 0 saturated heterocycles. The van der Waals surface area contributed by atoms with Crippen LogP contribution in [0.4, 0.5) is 17.1 Å². The summed E-state index contributed by atoms with van der Waals surface area (Å²) in [4.78, 5) is 0. The van der Waals surface area contributed by atoms with Gasteiger partial charge in [-0.1, -0.05) is 17.7 Å². The molecule has 3 N–H and O–H groups in total. The fourth-order valence-corrected chi connectivity index (χ4v) is 1.85. The van der Waals surface area contributed by atoms with Crippen molar-refractivity contribution in [2.75, 3.05) is 11.1 Å². The Hall–Kier alpha value is -2.47. The maximum absolute atomic E-state index is 8.82. The van der Waals surface area contributed by atoms with Gasteiger partial charge in [0, 0.05) is 11.4 Å². The largest absolute Gasteiger partial charge is 0.398 e. The van der Waals surface area contributed by atoms with Crippen LogP contribution in [0.25, 0.3) is 0 Å². The van der Waals surface area contributed by atoms with E-state index in [0.29, 0.717) is 11.3 Å². The summed E-state index contributed by atoms with van der Waals surface area (Å²) in [5, 5.41) is 12.1. The fourth-order valence-electron chi connectivity index (χ4n) is 1.85.